The molecule has 2 aromatic carbocycles. The molecule has 3 rings (SSSR count). The number of carbonyl (C=O) groups is 2. The van der Waals surface area contributed by atoms with E-state index in [1.54, 1.807) is 12.1 Å². The summed E-state index contributed by atoms with van der Waals surface area (Å²) in [7, 11) is -4.14. The predicted octanol–water partition coefficient (Wildman–Crippen LogP) is 3.00. The number of hydrogen-bond donors (Lipinski definition) is 2. The molecule has 0 radical (unpaired) electrons. The summed E-state index contributed by atoms with van der Waals surface area (Å²) in [5.74, 6) is -0.791. The number of thioether (sulfide) groups is 1. The summed E-state index contributed by atoms with van der Waals surface area (Å²) < 4.78 is 30.1. The van der Waals surface area contributed by atoms with E-state index in [0.717, 1.165) is 11.8 Å². The van der Waals surface area contributed by atoms with Gasteiger partial charge in [-0.25, -0.2) is 0 Å². The molecule has 0 saturated carbocycles. The Kier molecular flexibility index (Phi) is 5.96. The van der Waals surface area contributed by atoms with Crippen molar-refractivity contribution in [3.8, 4) is 5.75 Å². The van der Waals surface area contributed by atoms with Crippen molar-refractivity contribution in [2.24, 2.45) is 10.7 Å². The Labute approximate surface area is 175 Å². The molecule has 29 heavy (non-hydrogen) atoms. The van der Waals surface area contributed by atoms with Gasteiger partial charge in [0.05, 0.1) is 9.93 Å². The standard InChI is InChI=1S/C18H14ClN3O5S2/c1-10(23)21-12-3-5-13(6-4-12)29(25,26)27-15-7-2-11(8-14(15)19)9-16-17(24)22-18(20)28-16/h2-9H,1H3,(H,21,23)(H2,20,22,24)/b16-9-. The maximum atomic E-state index is 12.5. The molecular formula is C18H14ClN3O5S2. The van der Waals surface area contributed by atoms with Gasteiger partial charge in [0.25, 0.3) is 5.91 Å². The number of hydrogen-bond acceptors (Lipinski definition) is 7. The number of amides is 2. The lowest BCUT2D eigenvalue weighted by Gasteiger charge is -2.10. The average molecular weight is 452 g/mol. The highest BCUT2D eigenvalue weighted by Crippen LogP contribution is 2.31. The van der Waals surface area contributed by atoms with Crippen molar-refractivity contribution in [1.29, 1.82) is 0 Å². The number of benzene rings is 2. The van der Waals surface area contributed by atoms with Gasteiger partial charge >= 0.3 is 10.1 Å². The minimum Gasteiger partial charge on any atom is -0.378 e. The molecule has 0 saturated heterocycles. The Hall–Kier alpha value is -2.82. The van der Waals surface area contributed by atoms with Crippen LogP contribution in [0.15, 0.2) is 57.3 Å². The van der Waals surface area contributed by atoms with Gasteiger partial charge in [-0.3, -0.25) is 9.59 Å². The monoisotopic (exact) mass is 451 g/mol. The summed E-state index contributed by atoms with van der Waals surface area (Å²) in [6.07, 6.45) is 1.54. The largest absolute Gasteiger partial charge is 0.378 e. The number of nitrogens with two attached hydrogens (primary N) is 1. The van der Waals surface area contributed by atoms with Crippen LogP contribution in [0.1, 0.15) is 12.5 Å². The Morgan fingerprint density at radius 3 is 2.48 bits per heavy atom. The third kappa shape index (κ3) is 5.17. The molecule has 1 heterocycles. The number of carbonyl (C=O) groups excluding carboxylic acids is 2. The number of amidine groups is 1. The zero-order chi connectivity index (χ0) is 21.2. The van der Waals surface area contributed by atoms with E-state index in [-0.39, 0.29) is 26.7 Å². The maximum absolute atomic E-state index is 12.5. The number of nitrogens with one attached hydrogen (secondary N) is 1. The summed E-state index contributed by atoms with van der Waals surface area (Å²) in [5, 5.41) is 2.74. The normalized spacial score (nSPS) is 15.3. The molecule has 0 unspecified atom stereocenters. The second kappa shape index (κ2) is 8.27. The molecule has 0 fully saturated rings. The van der Waals surface area contributed by atoms with Crippen LogP contribution in [0.25, 0.3) is 6.08 Å². The molecule has 0 aromatic heterocycles. The zero-order valence-electron chi connectivity index (χ0n) is 14.9. The van der Waals surface area contributed by atoms with Gasteiger partial charge in [0.1, 0.15) is 4.90 Å². The molecule has 0 spiro atoms. The zero-order valence-corrected chi connectivity index (χ0v) is 17.3. The van der Waals surface area contributed by atoms with Gasteiger partial charge in [-0.1, -0.05) is 17.7 Å². The summed E-state index contributed by atoms with van der Waals surface area (Å²) in [4.78, 5) is 26.5. The van der Waals surface area contributed by atoms with Crippen molar-refractivity contribution in [2.75, 3.05) is 5.32 Å². The van der Waals surface area contributed by atoms with E-state index in [9.17, 15) is 18.0 Å². The van der Waals surface area contributed by atoms with Crippen molar-refractivity contribution in [3.63, 3.8) is 0 Å². The van der Waals surface area contributed by atoms with E-state index in [2.05, 4.69) is 10.3 Å². The van der Waals surface area contributed by atoms with E-state index in [0.29, 0.717) is 16.2 Å². The topological polar surface area (TPSA) is 128 Å². The Morgan fingerprint density at radius 2 is 1.93 bits per heavy atom. The van der Waals surface area contributed by atoms with Crippen molar-refractivity contribution in [3.05, 3.63) is 58.0 Å². The van der Waals surface area contributed by atoms with Crippen LogP contribution in [0.4, 0.5) is 5.69 Å². The minimum atomic E-state index is -4.14. The molecule has 2 amide bonds. The summed E-state index contributed by atoms with van der Waals surface area (Å²) in [6.45, 7) is 1.35. The van der Waals surface area contributed by atoms with Gasteiger partial charge in [-0.05, 0) is 59.8 Å². The van der Waals surface area contributed by atoms with Gasteiger partial charge in [-0.2, -0.15) is 13.4 Å². The van der Waals surface area contributed by atoms with Gasteiger partial charge in [0.2, 0.25) is 5.91 Å². The molecule has 11 heteroatoms. The highest BCUT2D eigenvalue weighted by molar-refractivity contribution is 8.18. The van der Waals surface area contributed by atoms with Crippen LogP contribution in [-0.4, -0.2) is 25.4 Å². The second-order valence-electron chi connectivity index (χ2n) is 5.80. The van der Waals surface area contributed by atoms with Crippen LogP contribution in [0.2, 0.25) is 5.02 Å². The fraction of sp³-hybridized carbons (Fsp3) is 0.0556. The first-order valence-electron chi connectivity index (χ1n) is 8.04. The van der Waals surface area contributed by atoms with E-state index < -0.39 is 16.0 Å². The molecule has 1 aliphatic rings. The van der Waals surface area contributed by atoms with Crippen LogP contribution < -0.4 is 15.2 Å². The Balaban J connectivity index is 1.78. The quantitative estimate of drug-likeness (QED) is 0.528. The molecule has 0 bridgehead atoms. The molecule has 2 aromatic rings. The third-order valence-electron chi connectivity index (χ3n) is 3.55. The van der Waals surface area contributed by atoms with Crippen LogP contribution >= 0.6 is 23.4 Å². The smallest absolute Gasteiger partial charge is 0.339 e. The van der Waals surface area contributed by atoms with E-state index in [4.69, 9.17) is 21.5 Å². The first-order chi connectivity index (χ1) is 13.6. The SMILES string of the molecule is CC(=O)Nc1ccc(S(=O)(=O)Oc2ccc(/C=C3\SC(N)=NC3=O)cc2Cl)cc1. The van der Waals surface area contributed by atoms with Gasteiger partial charge < -0.3 is 15.2 Å². The molecule has 0 aliphatic carbocycles. The maximum Gasteiger partial charge on any atom is 0.339 e. The van der Waals surface area contributed by atoms with Crippen LogP contribution in [0, 0.1) is 0 Å². The van der Waals surface area contributed by atoms with Crippen molar-refractivity contribution in [1.82, 2.24) is 0 Å². The first-order valence-corrected chi connectivity index (χ1v) is 10.6. The fourth-order valence-electron chi connectivity index (χ4n) is 2.33. The molecule has 0 atom stereocenters. The number of halogens is 1. The second-order valence-corrected chi connectivity index (χ2v) is 8.81. The molecule has 3 N–H and O–H groups in total. The lowest BCUT2D eigenvalue weighted by molar-refractivity contribution is -0.114. The van der Waals surface area contributed by atoms with E-state index in [1.165, 1.54) is 43.3 Å². The van der Waals surface area contributed by atoms with Gasteiger partial charge in [0.15, 0.2) is 10.9 Å². The number of anilines is 1. The van der Waals surface area contributed by atoms with Gasteiger partial charge in [0, 0.05) is 12.6 Å². The van der Waals surface area contributed by atoms with Crippen molar-refractivity contribution in [2.45, 2.75) is 11.8 Å². The summed E-state index contributed by atoms with van der Waals surface area (Å²) in [5.41, 5.74) is 6.51. The molecule has 150 valence electrons. The Bertz CT molecular complexity index is 1160. The molecule has 1 aliphatic heterocycles. The lowest BCUT2D eigenvalue weighted by atomic mass is 10.2. The van der Waals surface area contributed by atoms with Crippen molar-refractivity contribution >= 4 is 62.2 Å². The molecule has 8 nitrogen and oxygen atoms in total. The van der Waals surface area contributed by atoms with Crippen LogP contribution in [0.5, 0.6) is 5.75 Å². The summed E-state index contributed by atoms with van der Waals surface area (Å²) >= 11 is 7.18. The highest BCUT2D eigenvalue weighted by Gasteiger charge is 2.21. The van der Waals surface area contributed by atoms with Crippen LogP contribution in [0.3, 0.4) is 0 Å². The number of rotatable bonds is 5. The van der Waals surface area contributed by atoms with E-state index >= 15 is 0 Å². The van der Waals surface area contributed by atoms with Gasteiger partial charge in [-0.15, -0.1) is 0 Å². The number of nitrogens with zero attached hydrogens (tertiary/aromatic N) is 1. The van der Waals surface area contributed by atoms with E-state index in [1.807, 2.05) is 0 Å². The summed E-state index contributed by atoms with van der Waals surface area (Å²) in [6, 6.07) is 9.89. The predicted molar refractivity (Wildman–Crippen MR) is 112 cm³/mol. The van der Waals surface area contributed by atoms with Crippen LogP contribution in [-0.2, 0) is 19.7 Å². The lowest BCUT2D eigenvalue weighted by Crippen LogP contribution is -2.11. The third-order valence-corrected chi connectivity index (χ3v) is 5.91. The fourth-order valence-corrected chi connectivity index (χ4v) is 4.23. The van der Waals surface area contributed by atoms with Crippen molar-refractivity contribution < 1.29 is 22.2 Å². The minimum absolute atomic E-state index is 0.0436. The highest BCUT2D eigenvalue weighted by atomic mass is 35.5. The molecular weight excluding hydrogens is 438 g/mol. The Morgan fingerprint density at radius 1 is 1.24 bits per heavy atom. The first kappa shape index (κ1) is 20.9. The number of aliphatic imine (C=N–C) groups is 1. The average Bonchev–Trinajstić information content (AvgIpc) is 2.94.